The van der Waals surface area contributed by atoms with Gasteiger partial charge in [0, 0.05) is 20.6 Å². The van der Waals surface area contributed by atoms with E-state index in [0.29, 0.717) is 11.6 Å². The number of hydrogen-bond donors (Lipinski definition) is 2. The van der Waals surface area contributed by atoms with Gasteiger partial charge in [-0.25, -0.2) is 4.98 Å². The number of nitrogens with zero attached hydrogens (tertiary/aromatic N) is 4. The highest BCUT2D eigenvalue weighted by Crippen LogP contribution is 2.28. The molecule has 0 bridgehead atoms. The van der Waals surface area contributed by atoms with Gasteiger partial charge in [0.15, 0.2) is 11.5 Å². The van der Waals surface area contributed by atoms with Gasteiger partial charge in [0.25, 0.3) is 0 Å². The van der Waals surface area contributed by atoms with Crippen molar-refractivity contribution in [3.05, 3.63) is 6.33 Å². The summed E-state index contributed by atoms with van der Waals surface area (Å²) in [7, 11) is 3.93. The highest BCUT2D eigenvalue weighted by Gasteiger charge is 2.20. The van der Waals surface area contributed by atoms with Gasteiger partial charge in [0.1, 0.15) is 5.52 Å². The van der Waals surface area contributed by atoms with Crippen LogP contribution < -0.4 is 10.2 Å². The summed E-state index contributed by atoms with van der Waals surface area (Å²) >= 11 is 0. The van der Waals surface area contributed by atoms with Gasteiger partial charge < -0.3 is 15.2 Å². The number of H-pyrrole nitrogens is 1. The predicted molar refractivity (Wildman–Crippen MR) is 76.5 cm³/mol. The zero-order chi connectivity index (χ0) is 13.2. The Hall–Kier alpha value is -1.85. The summed E-state index contributed by atoms with van der Waals surface area (Å²) in [6.45, 7) is 1.05. The summed E-state index contributed by atoms with van der Waals surface area (Å²) in [6.07, 6.45) is 7.07. The van der Waals surface area contributed by atoms with E-state index < -0.39 is 0 Å². The van der Waals surface area contributed by atoms with E-state index in [1.165, 1.54) is 25.7 Å². The summed E-state index contributed by atoms with van der Waals surface area (Å²) < 4.78 is 0. The van der Waals surface area contributed by atoms with E-state index in [0.717, 1.165) is 23.8 Å². The Balaban J connectivity index is 1.90. The molecule has 0 spiro atoms. The molecule has 1 saturated carbocycles. The van der Waals surface area contributed by atoms with E-state index in [1.54, 1.807) is 6.33 Å². The molecule has 0 saturated heterocycles. The second kappa shape index (κ2) is 5.03. The fraction of sp³-hybridized carbons (Fsp3) is 0.615. The summed E-state index contributed by atoms with van der Waals surface area (Å²) in [5.41, 5.74) is 1.63. The summed E-state index contributed by atoms with van der Waals surface area (Å²) in [5.74, 6) is 2.34. The molecule has 0 aliphatic heterocycles. The van der Waals surface area contributed by atoms with E-state index in [1.807, 2.05) is 7.05 Å². The van der Waals surface area contributed by atoms with E-state index in [9.17, 15) is 0 Å². The van der Waals surface area contributed by atoms with Crippen LogP contribution in [0.1, 0.15) is 25.7 Å². The molecule has 1 aliphatic carbocycles. The number of aromatic nitrogens is 4. The Morgan fingerprint density at radius 3 is 2.89 bits per heavy atom. The van der Waals surface area contributed by atoms with Crippen molar-refractivity contribution in [2.45, 2.75) is 25.7 Å². The van der Waals surface area contributed by atoms with Crippen molar-refractivity contribution in [1.82, 2.24) is 19.9 Å². The van der Waals surface area contributed by atoms with Crippen molar-refractivity contribution >= 4 is 22.9 Å². The van der Waals surface area contributed by atoms with Crippen LogP contribution in [0.4, 0.5) is 11.8 Å². The molecule has 3 rings (SSSR count). The number of aromatic amines is 1. The highest BCUT2D eigenvalue weighted by molar-refractivity contribution is 5.84. The standard InChI is InChI=1S/C13H20N6/c1-14-13-17-11-10(15-8-16-11)12(18-13)19(2)7-9-5-3-4-6-9/h8-9H,3-7H2,1-2H3,(H2,14,15,16,17,18). The van der Waals surface area contributed by atoms with Gasteiger partial charge >= 0.3 is 0 Å². The van der Waals surface area contributed by atoms with Gasteiger partial charge in [-0.1, -0.05) is 12.8 Å². The first kappa shape index (κ1) is 12.2. The van der Waals surface area contributed by atoms with E-state index in [2.05, 4.69) is 37.2 Å². The molecule has 102 valence electrons. The lowest BCUT2D eigenvalue weighted by molar-refractivity contribution is 0.545. The van der Waals surface area contributed by atoms with Gasteiger partial charge in [0.2, 0.25) is 5.95 Å². The molecule has 6 heteroatoms. The lowest BCUT2D eigenvalue weighted by Gasteiger charge is -2.22. The highest BCUT2D eigenvalue weighted by atomic mass is 15.2. The molecular weight excluding hydrogens is 240 g/mol. The third-order valence-corrected chi connectivity index (χ3v) is 3.86. The molecule has 2 aromatic rings. The monoisotopic (exact) mass is 260 g/mol. The minimum Gasteiger partial charge on any atom is -0.357 e. The van der Waals surface area contributed by atoms with Crippen LogP contribution in [-0.2, 0) is 0 Å². The Kier molecular flexibility index (Phi) is 3.23. The lowest BCUT2D eigenvalue weighted by atomic mass is 10.1. The molecule has 2 aromatic heterocycles. The fourth-order valence-electron chi connectivity index (χ4n) is 2.87. The fourth-order valence-corrected chi connectivity index (χ4v) is 2.87. The van der Waals surface area contributed by atoms with Gasteiger partial charge in [-0.2, -0.15) is 9.97 Å². The largest absolute Gasteiger partial charge is 0.357 e. The number of hydrogen-bond acceptors (Lipinski definition) is 5. The number of nitrogens with one attached hydrogen (secondary N) is 2. The second-order valence-corrected chi connectivity index (χ2v) is 5.25. The summed E-state index contributed by atoms with van der Waals surface area (Å²) in [5, 5.41) is 3.00. The number of anilines is 2. The molecule has 0 radical (unpaired) electrons. The SMILES string of the molecule is CNc1nc(N(C)CC2CCCC2)c2[nH]cnc2n1. The molecular formula is C13H20N6. The van der Waals surface area contributed by atoms with Crippen LogP contribution in [0.2, 0.25) is 0 Å². The third kappa shape index (κ3) is 2.34. The first-order chi connectivity index (χ1) is 9.28. The maximum absolute atomic E-state index is 4.57. The molecule has 1 fully saturated rings. The Labute approximate surface area is 112 Å². The first-order valence-corrected chi connectivity index (χ1v) is 6.88. The summed E-state index contributed by atoms with van der Waals surface area (Å²) in [6, 6.07) is 0. The van der Waals surface area contributed by atoms with Crippen molar-refractivity contribution in [3.8, 4) is 0 Å². The van der Waals surface area contributed by atoms with Gasteiger partial charge in [-0.15, -0.1) is 0 Å². The second-order valence-electron chi connectivity index (χ2n) is 5.25. The molecule has 6 nitrogen and oxygen atoms in total. The zero-order valence-corrected chi connectivity index (χ0v) is 11.5. The Morgan fingerprint density at radius 1 is 1.37 bits per heavy atom. The van der Waals surface area contributed by atoms with Crippen LogP contribution in [0.5, 0.6) is 0 Å². The van der Waals surface area contributed by atoms with E-state index in [4.69, 9.17) is 0 Å². The van der Waals surface area contributed by atoms with E-state index in [-0.39, 0.29) is 0 Å². The van der Waals surface area contributed by atoms with Crippen molar-refractivity contribution < 1.29 is 0 Å². The van der Waals surface area contributed by atoms with Gasteiger partial charge in [-0.05, 0) is 18.8 Å². The lowest BCUT2D eigenvalue weighted by Crippen LogP contribution is -2.25. The summed E-state index contributed by atoms with van der Waals surface area (Å²) in [4.78, 5) is 18.5. The van der Waals surface area contributed by atoms with Gasteiger partial charge in [-0.3, -0.25) is 0 Å². The molecule has 0 amide bonds. The van der Waals surface area contributed by atoms with Crippen LogP contribution in [0, 0.1) is 5.92 Å². The van der Waals surface area contributed by atoms with E-state index >= 15 is 0 Å². The smallest absolute Gasteiger partial charge is 0.226 e. The minimum atomic E-state index is 0.618. The molecule has 0 aromatic carbocycles. The number of rotatable bonds is 4. The topological polar surface area (TPSA) is 69.7 Å². The van der Waals surface area contributed by atoms with Crippen LogP contribution in [0.15, 0.2) is 6.33 Å². The normalized spacial score (nSPS) is 16.1. The Morgan fingerprint density at radius 2 is 2.16 bits per heavy atom. The van der Waals surface area contributed by atoms with Crippen LogP contribution in [0.3, 0.4) is 0 Å². The van der Waals surface area contributed by atoms with Crippen LogP contribution >= 0.6 is 0 Å². The maximum Gasteiger partial charge on any atom is 0.226 e. The molecule has 1 aliphatic rings. The van der Waals surface area contributed by atoms with Crippen molar-refractivity contribution in [2.75, 3.05) is 30.9 Å². The minimum absolute atomic E-state index is 0.618. The molecule has 2 heterocycles. The molecule has 2 N–H and O–H groups in total. The van der Waals surface area contributed by atoms with Crippen LogP contribution in [0.25, 0.3) is 11.2 Å². The Bertz CT molecular complexity index is 557. The van der Waals surface area contributed by atoms with Crippen molar-refractivity contribution in [2.24, 2.45) is 5.92 Å². The molecule has 0 unspecified atom stereocenters. The average Bonchev–Trinajstić information content (AvgIpc) is 3.07. The van der Waals surface area contributed by atoms with Crippen molar-refractivity contribution in [1.29, 1.82) is 0 Å². The van der Waals surface area contributed by atoms with Crippen LogP contribution in [-0.4, -0.2) is 40.6 Å². The van der Waals surface area contributed by atoms with Gasteiger partial charge in [0.05, 0.1) is 6.33 Å². The molecule has 0 atom stereocenters. The predicted octanol–water partition coefficient (Wildman–Crippen LogP) is 2.02. The number of fused-ring (bicyclic) bond motifs is 1. The maximum atomic E-state index is 4.57. The third-order valence-electron chi connectivity index (χ3n) is 3.86. The van der Waals surface area contributed by atoms with Crippen molar-refractivity contribution in [3.63, 3.8) is 0 Å². The number of imidazole rings is 1. The quantitative estimate of drug-likeness (QED) is 0.880. The average molecular weight is 260 g/mol. The zero-order valence-electron chi connectivity index (χ0n) is 11.5. The first-order valence-electron chi connectivity index (χ1n) is 6.88. The molecule has 19 heavy (non-hydrogen) atoms.